The Hall–Kier alpha value is -0.960. The van der Waals surface area contributed by atoms with Crippen molar-refractivity contribution in [3.8, 4) is 0 Å². The first kappa shape index (κ1) is 15.1. The molecule has 0 aromatic heterocycles. The van der Waals surface area contributed by atoms with Crippen LogP contribution < -0.4 is 5.32 Å². The quantitative estimate of drug-likeness (QED) is 0.812. The Balaban J connectivity index is 2.50. The molecule has 0 bridgehead atoms. The molecule has 0 spiro atoms. The lowest BCUT2D eigenvalue weighted by molar-refractivity contribution is 0.304. The van der Waals surface area contributed by atoms with E-state index in [1.54, 1.807) is 6.07 Å². The highest BCUT2D eigenvalue weighted by Gasteiger charge is 2.18. The topological polar surface area (TPSA) is 12.0 Å². The SMILES string of the molecule is CC(C)NCC(C)(C)CCc1ccc(F)c(F)c1. The van der Waals surface area contributed by atoms with Crippen LogP contribution in [-0.4, -0.2) is 12.6 Å². The van der Waals surface area contributed by atoms with Gasteiger partial charge in [-0.25, -0.2) is 8.78 Å². The summed E-state index contributed by atoms with van der Waals surface area (Å²) in [6, 6.07) is 4.61. The maximum absolute atomic E-state index is 13.1. The zero-order valence-corrected chi connectivity index (χ0v) is 11.7. The number of hydrogen-bond acceptors (Lipinski definition) is 1. The van der Waals surface area contributed by atoms with Crippen molar-refractivity contribution in [2.75, 3.05) is 6.54 Å². The van der Waals surface area contributed by atoms with Crippen molar-refractivity contribution < 1.29 is 8.78 Å². The van der Waals surface area contributed by atoms with Crippen LogP contribution in [0.2, 0.25) is 0 Å². The first-order chi connectivity index (χ1) is 8.30. The van der Waals surface area contributed by atoms with Crippen molar-refractivity contribution >= 4 is 0 Å². The molecule has 18 heavy (non-hydrogen) atoms. The van der Waals surface area contributed by atoms with E-state index in [1.807, 2.05) is 0 Å². The van der Waals surface area contributed by atoms with Gasteiger partial charge in [0.1, 0.15) is 0 Å². The van der Waals surface area contributed by atoms with Crippen LogP contribution >= 0.6 is 0 Å². The van der Waals surface area contributed by atoms with E-state index in [0.717, 1.165) is 24.9 Å². The van der Waals surface area contributed by atoms with Gasteiger partial charge in [0, 0.05) is 12.6 Å². The van der Waals surface area contributed by atoms with Gasteiger partial charge in [0.05, 0.1) is 0 Å². The number of halogens is 2. The highest BCUT2D eigenvalue weighted by atomic mass is 19.2. The van der Waals surface area contributed by atoms with Gasteiger partial charge in [-0.3, -0.25) is 0 Å². The number of hydrogen-bond donors (Lipinski definition) is 1. The first-order valence-electron chi connectivity index (χ1n) is 6.47. The van der Waals surface area contributed by atoms with E-state index in [-0.39, 0.29) is 5.41 Å². The second-order valence-electron chi connectivity index (χ2n) is 5.95. The molecule has 102 valence electrons. The predicted octanol–water partition coefficient (Wildman–Crippen LogP) is 3.92. The van der Waals surface area contributed by atoms with E-state index in [2.05, 4.69) is 33.0 Å². The zero-order valence-electron chi connectivity index (χ0n) is 11.7. The Kier molecular flexibility index (Phi) is 5.27. The minimum absolute atomic E-state index is 0.148. The van der Waals surface area contributed by atoms with Crippen LogP contribution in [-0.2, 0) is 6.42 Å². The largest absolute Gasteiger partial charge is 0.314 e. The smallest absolute Gasteiger partial charge is 0.159 e. The van der Waals surface area contributed by atoms with Gasteiger partial charge in [-0.05, 0) is 36.0 Å². The van der Waals surface area contributed by atoms with Gasteiger partial charge in [0.2, 0.25) is 0 Å². The molecule has 0 aliphatic carbocycles. The van der Waals surface area contributed by atoms with Crippen molar-refractivity contribution in [2.45, 2.75) is 46.6 Å². The molecule has 0 fully saturated rings. The lowest BCUT2D eigenvalue weighted by Gasteiger charge is -2.26. The summed E-state index contributed by atoms with van der Waals surface area (Å²) < 4.78 is 25.9. The van der Waals surface area contributed by atoms with Gasteiger partial charge < -0.3 is 5.32 Å². The van der Waals surface area contributed by atoms with Crippen molar-refractivity contribution in [3.05, 3.63) is 35.4 Å². The normalized spacial score (nSPS) is 12.2. The Bertz CT molecular complexity index is 386. The summed E-state index contributed by atoms with van der Waals surface area (Å²) in [6.45, 7) is 9.52. The second kappa shape index (κ2) is 6.28. The third-order valence-corrected chi connectivity index (χ3v) is 3.06. The van der Waals surface area contributed by atoms with Gasteiger partial charge in [0.15, 0.2) is 11.6 Å². The van der Waals surface area contributed by atoms with Crippen LogP contribution in [0.15, 0.2) is 18.2 Å². The summed E-state index contributed by atoms with van der Waals surface area (Å²) in [5.74, 6) is -1.54. The van der Waals surface area contributed by atoms with Gasteiger partial charge >= 0.3 is 0 Å². The lowest BCUT2D eigenvalue weighted by atomic mass is 9.86. The summed E-state index contributed by atoms with van der Waals surface area (Å²) >= 11 is 0. The molecule has 0 aliphatic rings. The lowest BCUT2D eigenvalue weighted by Crippen LogP contribution is -2.34. The van der Waals surface area contributed by atoms with E-state index in [4.69, 9.17) is 0 Å². The molecule has 3 heteroatoms. The molecule has 0 heterocycles. The van der Waals surface area contributed by atoms with E-state index >= 15 is 0 Å². The Morgan fingerprint density at radius 3 is 2.39 bits per heavy atom. The van der Waals surface area contributed by atoms with Gasteiger partial charge in [-0.1, -0.05) is 33.8 Å². The van der Waals surface area contributed by atoms with Crippen LogP contribution in [0, 0.1) is 17.0 Å². The molecule has 0 radical (unpaired) electrons. The monoisotopic (exact) mass is 255 g/mol. The number of aryl methyl sites for hydroxylation is 1. The fourth-order valence-corrected chi connectivity index (χ4v) is 1.75. The van der Waals surface area contributed by atoms with Crippen LogP contribution in [0.25, 0.3) is 0 Å². The molecule has 1 nitrogen and oxygen atoms in total. The van der Waals surface area contributed by atoms with Crippen molar-refractivity contribution in [1.82, 2.24) is 5.32 Å². The molecule has 0 saturated carbocycles. The predicted molar refractivity (Wildman–Crippen MR) is 71.6 cm³/mol. The molecular formula is C15H23F2N. The van der Waals surface area contributed by atoms with Crippen molar-refractivity contribution in [1.29, 1.82) is 0 Å². The molecule has 0 unspecified atom stereocenters. The summed E-state index contributed by atoms with van der Waals surface area (Å²) in [5, 5.41) is 3.41. The fourth-order valence-electron chi connectivity index (χ4n) is 1.75. The molecule has 1 aromatic carbocycles. The average molecular weight is 255 g/mol. The number of rotatable bonds is 6. The molecule has 0 saturated heterocycles. The second-order valence-corrected chi connectivity index (χ2v) is 5.95. The number of nitrogens with one attached hydrogen (secondary N) is 1. The fraction of sp³-hybridized carbons (Fsp3) is 0.600. The highest BCUT2D eigenvalue weighted by molar-refractivity contribution is 5.18. The van der Waals surface area contributed by atoms with E-state index < -0.39 is 11.6 Å². The van der Waals surface area contributed by atoms with Crippen LogP contribution in [0.5, 0.6) is 0 Å². The third kappa shape index (κ3) is 5.13. The summed E-state index contributed by atoms with van der Waals surface area (Å²) in [6.07, 6.45) is 1.71. The highest BCUT2D eigenvalue weighted by Crippen LogP contribution is 2.22. The maximum atomic E-state index is 13.1. The van der Waals surface area contributed by atoms with E-state index in [0.29, 0.717) is 6.04 Å². The Morgan fingerprint density at radius 1 is 1.17 bits per heavy atom. The van der Waals surface area contributed by atoms with Gasteiger partial charge in [0.25, 0.3) is 0 Å². The minimum atomic E-state index is -0.778. The van der Waals surface area contributed by atoms with Crippen LogP contribution in [0.3, 0.4) is 0 Å². The Morgan fingerprint density at radius 2 is 1.83 bits per heavy atom. The number of benzene rings is 1. The van der Waals surface area contributed by atoms with Crippen LogP contribution in [0.4, 0.5) is 8.78 Å². The minimum Gasteiger partial charge on any atom is -0.314 e. The van der Waals surface area contributed by atoms with Gasteiger partial charge in [-0.2, -0.15) is 0 Å². The summed E-state index contributed by atoms with van der Waals surface area (Å²) in [7, 11) is 0. The van der Waals surface area contributed by atoms with Crippen molar-refractivity contribution in [3.63, 3.8) is 0 Å². The summed E-state index contributed by atoms with van der Waals surface area (Å²) in [4.78, 5) is 0. The summed E-state index contributed by atoms with van der Waals surface area (Å²) in [5.41, 5.74) is 1.00. The van der Waals surface area contributed by atoms with Crippen LogP contribution in [0.1, 0.15) is 39.7 Å². The van der Waals surface area contributed by atoms with E-state index in [1.165, 1.54) is 12.1 Å². The van der Waals surface area contributed by atoms with E-state index in [9.17, 15) is 8.78 Å². The average Bonchev–Trinajstić information content (AvgIpc) is 2.28. The third-order valence-electron chi connectivity index (χ3n) is 3.06. The molecule has 1 rings (SSSR count). The maximum Gasteiger partial charge on any atom is 0.159 e. The molecule has 0 atom stereocenters. The molecule has 1 N–H and O–H groups in total. The molecular weight excluding hydrogens is 232 g/mol. The molecule has 0 amide bonds. The standard InChI is InChI=1S/C15H23F2N/c1-11(2)18-10-15(3,4)8-7-12-5-6-13(16)14(17)9-12/h5-6,9,11,18H,7-8,10H2,1-4H3. The molecule has 1 aromatic rings. The Labute approximate surface area is 109 Å². The molecule has 0 aliphatic heterocycles. The van der Waals surface area contributed by atoms with Crippen molar-refractivity contribution in [2.24, 2.45) is 5.41 Å². The van der Waals surface area contributed by atoms with Gasteiger partial charge in [-0.15, -0.1) is 0 Å². The zero-order chi connectivity index (χ0) is 13.8. The first-order valence-corrected chi connectivity index (χ1v) is 6.47.